The Kier molecular flexibility index (Phi) is 5.84. The number of fused-ring (bicyclic) bond motifs is 4. The average molecular weight is 513 g/mol. The number of amides is 1. The lowest BCUT2D eigenvalue weighted by atomic mass is 10.2. The van der Waals surface area contributed by atoms with Crippen molar-refractivity contribution in [1.29, 1.82) is 0 Å². The van der Waals surface area contributed by atoms with Crippen LogP contribution in [0.5, 0.6) is 11.5 Å². The van der Waals surface area contributed by atoms with Crippen molar-refractivity contribution in [3.8, 4) is 17.2 Å². The zero-order chi connectivity index (χ0) is 25.5. The summed E-state index contributed by atoms with van der Waals surface area (Å²) in [5.41, 5.74) is 4.24. The first-order valence-corrected chi connectivity index (χ1v) is 12.8. The van der Waals surface area contributed by atoms with Gasteiger partial charge in [-0.25, -0.2) is 4.98 Å². The van der Waals surface area contributed by atoms with Crippen molar-refractivity contribution >= 4 is 45.3 Å². The molecule has 0 fully saturated rings. The van der Waals surface area contributed by atoms with E-state index in [2.05, 4.69) is 11.1 Å². The van der Waals surface area contributed by atoms with Crippen molar-refractivity contribution < 1.29 is 14.3 Å². The second kappa shape index (κ2) is 9.33. The van der Waals surface area contributed by atoms with E-state index < -0.39 is 0 Å². The van der Waals surface area contributed by atoms with Gasteiger partial charge >= 0.3 is 0 Å². The van der Waals surface area contributed by atoms with Crippen LogP contribution < -0.4 is 19.9 Å². The molecule has 0 atom stereocenters. The van der Waals surface area contributed by atoms with E-state index in [0.717, 1.165) is 23.0 Å². The van der Waals surface area contributed by atoms with Gasteiger partial charge in [0.15, 0.2) is 16.7 Å². The first-order chi connectivity index (χ1) is 18.1. The summed E-state index contributed by atoms with van der Waals surface area (Å²) in [7, 11) is 3.11. The molecule has 1 aliphatic heterocycles. The molecule has 9 heteroatoms. The normalized spacial score (nSPS) is 12.8. The van der Waals surface area contributed by atoms with E-state index in [1.54, 1.807) is 32.4 Å². The van der Waals surface area contributed by atoms with Crippen molar-refractivity contribution in [2.24, 2.45) is 0 Å². The quantitative estimate of drug-likeness (QED) is 0.265. The third-order valence-corrected chi connectivity index (χ3v) is 7.56. The largest absolute Gasteiger partial charge is 0.493 e. The third kappa shape index (κ3) is 3.92. The first-order valence-electron chi connectivity index (χ1n) is 11.9. The average Bonchev–Trinajstić information content (AvgIpc) is 3.53. The maximum atomic E-state index is 13.8. The maximum absolute atomic E-state index is 13.8. The first kappa shape index (κ1) is 23.2. The van der Waals surface area contributed by atoms with Crippen LogP contribution in [-0.4, -0.2) is 47.0 Å². The fourth-order valence-corrected chi connectivity index (χ4v) is 5.71. The summed E-state index contributed by atoms with van der Waals surface area (Å²) in [5, 5.41) is 1.28. The third-order valence-electron chi connectivity index (χ3n) is 6.63. The van der Waals surface area contributed by atoms with Gasteiger partial charge in [0.05, 0.1) is 25.7 Å². The van der Waals surface area contributed by atoms with Gasteiger partial charge in [0.25, 0.3) is 5.56 Å². The number of para-hydroxylation sites is 2. The fraction of sp³-hybridized carbons (Fsp3) is 0.179. The summed E-state index contributed by atoms with van der Waals surface area (Å²) in [5.74, 6) is 1.16. The van der Waals surface area contributed by atoms with Gasteiger partial charge in [0, 0.05) is 29.2 Å². The molecule has 0 aliphatic carbocycles. The highest BCUT2D eigenvalue weighted by molar-refractivity contribution is 7.99. The lowest BCUT2D eigenvalue weighted by Gasteiger charge is -2.18. The van der Waals surface area contributed by atoms with Crippen molar-refractivity contribution in [2.45, 2.75) is 11.6 Å². The lowest BCUT2D eigenvalue weighted by molar-refractivity contribution is -0.116. The van der Waals surface area contributed by atoms with Crippen LogP contribution in [0.25, 0.3) is 27.6 Å². The van der Waals surface area contributed by atoms with Crippen LogP contribution in [0.15, 0.2) is 76.7 Å². The van der Waals surface area contributed by atoms with Crippen LogP contribution >= 0.6 is 11.8 Å². The Bertz CT molecular complexity index is 1730. The summed E-state index contributed by atoms with van der Waals surface area (Å²) < 4.78 is 12.4. The van der Waals surface area contributed by atoms with Crippen LogP contribution in [0.1, 0.15) is 5.56 Å². The highest BCUT2D eigenvalue weighted by atomic mass is 32.2. The van der Waals surface area contributed by atoms with Crippen LogP contribution in [0.3, 0.4) is 0 Å². The molecular formula is C28H24N4O4S. The van der Waals surface area contributed by atoms with Gasteiger partial charge in [-0.2, -0.15) is 0 Å². The molecule has 0 unspecified atom stereocenters. The van der Waals surface area contributed by atoms with E-state index in [4.69, 9.17) is 14.5 Å². The number of methoxy groups -OCH3 is 2. The molecule has 5 aromatic rings. The van der Waals surface area contributed by atoms with E-state index in [0.29, 0.717) is 39.9 Å². The number of ether oxygens (including phenoxy) is 2. The van der Waals surface area contributed by atoms with Gasteiger partial charge < -0.3 is 19.4 Å². The van der Waals surface area contributed by atoms with Gasteiger partial charge in [-0.1, -0.05) is 48.2 Å². The minimum absolute atomic E-state index is 0.0258. The second-order valence-electron chi connectivity index (χ2n) is 8.68. The molecule has 0 saturated heterocycles. The molecule has 0 radical (unpaired) electrons. The number of nitrogens with one attached hydrogen (secondary N) is 1. The molecule has 8 nitrogen and oxygen atoms in total. The number of benzene rings is 3. The van der Waals surface area contributed by atoms with Crippen LogP contribution in [0.4, 0.5) is 5.69 Å². The van der Waals surface area contributed by atoms with Gasteiger partial charge in [-0.05, 0) is 36.2 Å². The molecule has 3 heterocycles. The van der Waals surface area contributed by atoms with E-state index >= 15 is 0 Å². The minimum atomic E-state index is -0.255. The smallest absolute Gasteiger partial charge is 0.283 e. The molecule has 0 saturated carbocycles. The Morgan fingerprint density at radius 3 is 2.65 bits per heavy atom. The monoisotopic (exact) mass is 512 g/mol. The van der Waals surface area contributed by atoms with E-state index in [1.807, 2.05) is 47.4 Å². The number of aromatic nitrogens is 3. The summed E-state index contributed by atoms with van der Waals surface area (Å²) >= 11 is 1.25. The Labute approximate surface area is 216 Å². The number of hydrogen-bond acceptors (Lipinski definition) is 6. The highest BCUT2D eigenvalue weighted by Gasteiger charge is 2.25. The fourth-order valence-electron chi connectivity index (χ4n) is 4.83. The molecule has 1 aliphatic rings. The van der Waals surface area contributed by atoms with E-state index in [-0.39, 0.29) is 17.2 Å². The number of aromatic amines is 1. The predicted molar refractivity (Wildman–Crippen MR) is 146 cm³/mol. The number of anilines is 1. The topological polar surface area (TPSA) is 89.5 Å². The molecule has 37 heavy (non-hydrogen) atoms. The SMILES string of the molecule is COc1ccc(-n2c(SCC(=O)N3CCc4ccccc43)nc3c([nH]c4ccccc43)c2=O)cc1OC. The minimum Gasteiger partial charge on any atom is -0.493 e. The van der Waals surface area contributed by atoms with E-state index in [1.165, 1.54) is 21.9 Å². The van der Waals surface area contributed by atoms with Crippen molar-refractivity contribution in [1.82, 2.24) is 14.5 Å². The number of carbonyl (C=O) groups is 1. The van der Waals surface area contributed by atoms with Crippen LogP contribution in [0.2, 0.25) is 0 Å². The molecule has 1 amide bonds. The number of carbonyl (C=O) groups excluding carboxylic acids is 1. The van der Waals surface area contributed by atoms with Gasteiger partial charge in [-0.3, -0.25) is 14.2 Å². The van der Waals surface area contributed by atoms with E-state index in [9.17, 15) is 9.59 Å². The highest BCUT2D eigenvalue weighted by Crippen LogP contribution is 2.33. The molecular weight excluding hydrogens is 488 g/mol. The zero-order valence-corrected chi connectivity index (χ0v) is 21.2. The number of thioether (sulfide) groups is 1. The Hall–Kier alpha value is -4.24. The standard InChI is InChI=1S/C28H24N4O4S/c1-35-22-12-11-18(15-23(22)36-2)32-27(34)26-25(19-8-4-5-9-20(19)29-26)30-28(32)37-16-24(33)31-14-13-17-7-3-6-10-21(17)31/h3-12,15,29H,13-14,16H2,1-2H3. The zero-order valence-electron chi connectivity index (χ0n) is 20.4. The molecule has 2 aromatic heterocycles. The van der Waals surface area contributed by atoms with Crippen molar-refractivity contribution in [3.05, 3.63) is 82.6 Å². The van der Waals surface area contributed by atoms with Crippen LogP contribution in [-0.2, 0) is 11.2 Å². The summed E-state index contributed by atoms with van der Waals surface area (Å²) in [6.07, 6.45) is 0.836. The number of nitrogens with zero attached hydrogens (tertiary/aromatic N) is 3. The summed E-state index contributed by atoms with van der Waals surface area (Å²) in [6, 6.07) is 20.9. The van der Waals surface area contributed by atoms with Gasteiger partial charge in [-0.15, -0.1) is 0 Å². The number of rotatable bonds is 6. The van der Waals surface area contributed by atoms with Gasteiger partial charge in [0.2, 0.25) is 5.91 Å². The number of H-pyrrole nitrogens is 1. The Morgan fingerprint density at radius 2 is 1.81 bits per heavy atom. The maximum Gasteiger partial charge on any atom is 0.283 e. The molecule has 186 valence electrons. The molecule has 0 bridgehead atoms. The molecule has 3 aromatic carbocycles. The molecule has 0 spiro atoms. The van der Waals surface area contributed by atoms with Gasteiger partial charge in [0.1, 0.15) is 11.0 Å². The van der Waals surface area contributed by atoms with Crippen molar-refractivity contribution in [3.63, 3.8) is 0 Å². The van der Waals surface area contributed by atoms with Crippen LogP contribution in [0, 0.1) is 0 Å². The summed E-state index contributed by atoms with van der Waals surface area (Å²) in [6.45, 7) is 0.649. The van der Waals surface area contributed by atoms with Crippen molar-refractivity contribution in [2.75, 3.05) is 31.4 Å². The Morgan fingerprint density at radius 1 is 1.03 bits per heavy atom. The summed E-state index contributed by atoms with van der Waals surface area (Å²) in [4.78, 5) is 37.0. The second-order valence-corrected chi connectivity index (χ2v) is 9.62. The number of hydrogen-bond donors (Lipinski definition) is 1. The molecule has 6 rings (SSSR count). The molecule has 1 N–H and O–H groups in total. The lowest BCUT2D eigenvalue weighted by Crippen LogP contribution is -2.31. The Balaban J connectivity index is 1.45. The predicted octanol–water partition coefficient (Wildman–Crippen LogP) is 4.57.